The molecule has 0 aliphatic heterocycles. The Kier molecular flexibility index (Phi) is 7.25. The molecule has 2 nitrogen and oxygen atoms in total. The zero-order valence-corrected chi connectivity index (χ0v) is 19.2. The van der Waals surface area contributed by atoms with E-state index in [4.69, 9.17) is 0 Å². The monoisotopic (exact) mass is 398 g/mol. The Morgan fingerprint density at radius 3 is 2.69 bits per heavy atom. The van der Waals surface area contributed by atoms with Crippen molar-refractivity contribution in [2.75, 3.05) is 0 Å². The number of aliphatic hydroxyl groups excluding tert-OH is 1. The van der Waals surface area contributed by atoms with Gasteiger partial charge < -0.3 is 5.11 Å². The average Bonchev–Trinajstić information content (AvgIpc) is 3.04. The number of rotatable bonds is 6. The molecule has 29 heavy (non-hydrogen) atoms. The highest BCUT2D eigenvalue weighted by Gasteiger charge is 2.50. The van der Waals surface area contributed by atoms with E-state index in [0.29, 0.717) is 23.0 Å². The number of allylic oxidation sites excluding steroid dienone is 4. The number of aliphatic hydroxyl groups is 1. The molecular formula is C27H42O2. The molecule has 1 N–H and O–H groups in total. The molecule has 0 heterocycles. The Bertz CT molecular complexity index is 683. The molecule has 0 unspecified atom stereocenters. The van der Waals surface area contributed by atoms with Crippen LogP contribution in [0.15, 0.2) is 35.5 Å². The lowest BCUT2D eigenvalue weighted by Gasteiger charge is -2.44. The van der Waals surface area contributed by atoms with Gasteiger partial charge >= 0.3 is 0 Å². The average molecular weight is 399 g/mol. The van der Waals surface area contributed by atoms with Gasteiger partial charge in [0.1, 0.15) is 5.78 Å². The van der Waals surface area contributed by atoms with Gasteiger partial charge in [0.05, 0.1) is 6.10 Å². The number of ketones is 1. The molecule has 3 aliphatic rings. The highest BCUT2D eigenvalue weighted by Crippen LogP contribution is 2.59. The molecule has 3 fully saturated rings. The molecule has 3 aliphatic carbocycles. The molecule has 0 spiro atoms. The minimum Gasteiger partial charge on any atom is -0.393 e. The third-order valence-corrected chi connectivity index (χ3v) is 8.40. The third kappa shape index (κ3) is 4.95. The van der Waals surface area contributed by atoms with Crippen LogP contribution in [0.5, 0.6) is 0 Å². The summed E-state index contributed by atoms with van der Waals surface area (Å²) in [5, 5.41) is 10.0. The number of carbonyl (C=O) groups is 1. The minimum atomic E-state index is -0.202. The smallest absolute Gasteiger partial charge is 0.135 e. The number of hydrogen-bond acceptors (Lipinski definition) is 2. The van der Waals surface area contributed by atoms with Crippen molar-refractivity contribution in [3.05, 3.63) is 35.5 Å². The van der Waals surface area contributed by atoms with Gasteiger partial charge in [0.25, 0.3) is 0 Å². The van der Waals surface area contributed by atoms with E-state index >= 15 is 0 Å². The maximum absolute atomic E-state index is 12.1. The van der Waals surface area contributed by atoms with Crippen molar-refractivity contribution in [1.82, 2.24) is 0 Å². The summed E-state index contributed by atoms with van der Waals surface area (Å²) < 4.78 is 0. The van der Waals surface area contributed by atoms with Gasteiger partial charge in [0.15, 0.2) is 0 Å². The Balaban J connectivity index is 1.71. The van der Waals surface area contributed by atoms with E-state index in [9.17, 15) is 9.90 Å². The van der Waals surface area contributed by atoms with Gasteiger partial charge in [0.2, 0.25) is 0 Å². The van der Waals surface area contributed by atoms with E-state index in [0.717, 1.165) is 38.0 Å². The second-order valence-corrected chi connectivity index (χ2v) is 10.7. The Morgan fingerprint density at radius 2 is 1.97 bits per heavy atom. The lowest BCUT2D eigenvalue weighted by atomic mass is 9.60. The van der Waals surface area contributed by atoms with Crippen molar-refractivity contribution in [3.8, 4) is 0 Å². The van der Waals surface area contributed by atoms with Crippen LogP contribution in [-0.4, -0.2) is 17.0 Å². The molecule has 3 rings (SSSR count). The van der Waals surface area contributed by atoms with Gasteiger partial charge in [-0.05, 0) is 86.5 Å². The van der Waals surface area contributed by atoms with Crippen LogP contribution < -0.4 is 0 Å². The number of Topliss-reactive ketones (excluding diaryl/α,β-unsaturated/α-hetero) is 1. The lowest BCUT2D eigenvalue weighted by Crippen LogP contribution is -2.36. The summed E-state index contributed by atoms with van der Waals surface area (Å²) >= 11 is 0. The maximum Gasteiger partial charge on any atom is 0.135 e. The summed E-state index contributed by atoms with van der Waals surface area (Å²) in [5.74, 6) is 2.62. The zero-order valence-electron chi connectivity index (χ0n) is 19.2. The first-order valence-electron chi connectivity index (χ1n) is 12.0. The maximum atomic E-state index is 12.1. The fourth-order valence-electron chi connectivity index (χ4n) is 6.47. The predicted octanol–water partition coefficient (Wildman–Crippen LogP) is 6.80. The summed E-state index contributed by atoms with van der Waals surface area (Å²) in [6.07, 6.45) is 15.2. The first kappa shape index (κ1) is 22.5. The van der Waals surface area contributed by atoms with Gasteiger partial charge in [-0.3, -0.25) is 4.79 Å². The van der Waals surface area contributed by atoms with E-state index in [1.807, 2.05) is 13.8 Å². The quantitative estimate of drug-likeness (QED) is 0.534. The minimum absolute atomic E-state index is 0.166. The molecule has 5 atom stereocenters. The van der Waals surface area contributed by atoms with E-state index in [2.05, 4.69) is 32.6 Å². The van der Waals surface area contributed by atoms with Crippen LogP contribution in [-0.2, 0) is 4.79 Å². The molecule has 0 aromatic rings. The van der Waals surface area contributed by atoms with Gasteiger partial charge in [-0.15, -0.1) is 0 Å². The van der Waals surface area contributed by atoms with Crippen molar-refractivity contribution < 1.29 is 9.90 Å². The Hall–Kier alpha value is -1.15. The number of hydrogen-bond donors (Lipinski definition) is 1. The van der Waals surface area contributed by atoms with Crippen molar-refractivity contribution >= 4 is 5.78 Å². The van der Waals surface area contributed by atoms with Gasteiger partial charge in [-0.25, -0.2) is 0 Å². The summed E-state index contributed by atoms with van der Waals surface area (Å²) in [6.45, 7) is 13.2. The van der Waals surface area contributed by atoms with Crippen molar-refractivity contribution in [2.45, 2.75) is 98.0 Å². The molecule has 0 radical (unpaired) electrons. The topological polar surface area (TPSA) is 37.3 Å². The van der Waals surface area contributed by atoms with Crippen LogP contribution in [0.3, 0.4) is 0 Å². The number of carbonyl (C=O) groups excluding carboxylic acids is 1. The largest absolute Gasteiger partial charge is 0.393 e. The second-order valence-electron chi connectivity index (χ2n) is 10.7. The SMILES string of the molecule is C=C1CC[C@H](O)C/C1=C/C=C1\CCC[C@]2(C)[C@@H]([C@H](C)CCC(=O)C(C)C)CC[C@@H]12. The molecule has 2 heteroatoms. The summed E-state index contributed by atoms with van der Waals surface area (Å²) in [4.78, 5) is 12.1. The molecule has 0 aromatic carbocycles. The van der Waals surface area contributed by atoms with Crippen LogP contribution in [0, 0.1) is 29.1 Å². The van der Waals surface area contributed by atoms with E-state index < -0.39 is 0 Å². The van der Waals surface area contributed by atoms with Crippen molar-refractivity contribution in [1.29, 1.82) is 0 Å². The highest BCUT2D eigenvalue weighted by atomic mass is 16.3. The normalized spacial score (nSPS) is 36.6. The van der Waals surface area contributed by atoms with Crippen LogP contribution in [0.25, 0.3) is 0 Å². The van der Waals surface area contributed by atoms with Crippen LogP contribution in [0.1, 0.15) is 91.9 Å². The van der Waals surface area contributed by atoms with Gasteiger partial charge in [-0.2, -0.15) is 0 Å². The predicted molar refractivity (Wildman–Crippen MR) is 122 cm³/mol. The fourth-order valence-corrected chi connectivity index (χ4v) is 6.47. The molecule has 0 saturated heterocycles. The second kappa shape index (κ2) is 9.33. The van der Waals surface area contributed by atoms with E-state index in [1.165, 1.54) is 43.3 Å². The molecule has 162 valence electrons. The van der Waals surface area contributed by atoms with Crippen LogP contribution >= 0.6 is 0 Å². The van der Waals surface area contributed by atoms with E-state index in [1.54, 1.807) is 5.57 Å². The molecule has 0 bridgehead atoms. The Morgan fingerprint density at radius 1 is 1.21 bits per heavy atom. The summed E-state index contributed by atoms with van der Waals surface area (Å²) in [6, 6.07) is 0. The molecule has 3 saturated carbocycles. The standard InChI is InChI=1S/C27H42O2/c1-18(2)26(29)15-9-20(4)24-13-14-25-21(7-6-16-27(24,25)5)10-11-22-17-23(28)12-8-19(22)3/h10-11,18,20,23-25,28H,3,6-9,12-17H2,1-2,4-5H3/b21-10+,22-11-/t20-,23+,24-,25+,27-/m1/s1. The van der Waals surface area contributed by atoms with Gasteiger partial charge in [-0.1, -0.05) is 57.6 Å². The third-order valence-electron chi connectivity index (χ3n) is 8.40. The summed E-state index contributed by atoms with van der Waals surface area (Å²) in [5.41, 5.74) is 4.45. The Labute approximate surface area is 178 Å². The fraction of sp³-hybridized carbons (Fsp3) is 0.741. The molecule has 0 amide bonds. The van der Waals surface area contributed by atoms with Crippen LogP contribution in [0.4, 0.5) is 0 Å². The lowest BCUT2D eigenvalue weighted by molar-refractivity contribution is -0.122. The van der Waals surface area contributed by atoms with Gasteiger partial charge in [0, 0.05) is 12.3 Å². The molecule has 0 aromatic heterocycles. The molecular weight excluding hydrogens is 356 g/mol. The van der Waals surface area contributed by atoms with Crippen molar-refractivity contribution in [3.63, 3.8) is 0 Å². The van der Waals surface area contributed by atoms with Crippen molar-refractivity contribution in [2.24, 2.45) is 29.1 Å². The first-order chi connectivity index (χ1) is 13.7. The first-order valence-corrected chi connectivity index (χ1v) is 12.0. The van der Waals surface area contributed by atoms with E-state index in [-0.39, 0.29) is 12.0 Å². The number of fused-ring (bicyclic) bond motifs is 1. The van der Waals surface area contributed by atoms with Crippen LogP contribution in [0.2, 0.25) is 0 Å². The zero-order chi connectivity index (χ0) is 21.2. The summed E-state index contributed by atoms with van der Waals surface area (Å²) in [7, 11) is 0. The highest BCUT2D eigenvalue weighted by molar-refractivity contribution is 5.80.